The van der Waals surface area contributed by atoms with Gasteiger partial charge in [0.1, 0.15) is 17.3 Å². The monoisotopic (exact) mass is 276 g/mol. The maximum atomic E-state index is 13.7. The zero-order valence-corrected chi connectivity index (χ0v) is 12.8. The Morgan fingerprint density at radius 1 is 1.26 bits per heavy atom. The topological polar surface area (TPSA) is 58.6 Å². The van der Waals surface area contributed by atoms with E-state index in [1.165, 1.54) is 27.9 Å². The Balaban J connectivity index is 4.96. The summed E-state index contributed by atoms with van der Waals surface area (Å²) in [6.45, 7) is 7.92. The molecule has 0 spiro atoms. The van der Waals surface area contributed by atoms with Crippen molar-refractivity contribution in [3.8, 4) is 0 Å². The molecule has 0 aliphatic rings. The van der Waals surface area contributed by atoms with Gasteiger partial charge in [0.15, 0.2) is 0 Å². The lowest BCUT2D eigenvalue weighted by atomic mass is 9.99. The Hall–Kier alpha value is -1.33. The molecular formula is C13H25FN2O3. The lowest BCUT2D eigenvalue weighted by molar-refractivity contribution is -0.126. The molecule has 0 heterocycles. The van der Waals surface area contributed by atoms with Gasteiger partial charge in [0.05, 0.1) is 0 Å². The largest absolute Gasteiger partial charge is 0.444 e. The van der Waals surface area contributed by atoms with E-state index >= 15 is 0 Å². The highest BCUT2D eigenvalue weighted by atomic mass is 19.1. The average Bonchev–Trinajstić information content (AvgIpc) is 2.20. The van der Waals surface area contributed by atoms with Gasteiger partial charge in [-0.2, -0.15) is 0 Å². The van der Waals surface area contributed by atoms with Crippen LogP contribution >= 0.6 is 0 Å². The third kappa shape index (κ3) is 6.98. The van der Waals surface area contributed by atoms with Crippen LogP contribution < -0.4 is 5.32 Å². The number of alkyl halides is 1. The number of hydrogen-bond donors (Lipinski definition) is 1. The van der Waals surface area contributed by atoms with Gasteiger partial charge in [-0.3, -0.25) is 9.69 Å². The van der Waals surface area contributed by atoms with Gasteiger partial charge in [0, 0.05) is 20.5 Å². The summed E-state index contributed by atoms with van der Waals surface area (Å²) in [5.74, 6) is -0.418. The Labute approximate surface area is 114 Å². The molecule has 6 heteroatoms. The molecule has 2 amide bonds. The molecule has 0 rings (SSSR count). The summed E-state index contributed by atoms with van der Waals surface area (Å²) in [5, 5.41) is 2.43. The highest BCUT2D eigenvalue weighted by molar-refractivity contribution is 5.85. The van der Waals surface area contributed by atoms with Crippen molar-refractivity contribution in [2.24, 2.45) is 0 Å². The normalized spacial score (nSPS) is 13.7. The van der Waals surface area contributed by atoms with Crippen molar-refractivity contribution in [3.63, 3.8) is 0 Å². The number of nitrogens with one attached hydrogen (secondary N) is 1. The van der Waals surface area contributed by atoms with E-state index in [-0.39, 0.29) is 6.42 Å². The Morgan fingerprint density at radius 2 is 1.74 bits per heavy atom. The minimum Gasteiger partial charge on any atom is -0.444 e. The first kappa shape index (κ1) is 17.7. The van der Waals surface area contributed by atoms with Crippen LogP contribution in [0, 0.1) is 0 Å². The zero-order chi connectivity index (χ0) is 15.4. The lowest BCUT2D eigenvalue weighted by Gasteiger charge is -2.31. The van der Waals surface area contributed by atoms with E-state index in [4.69, 9.17) is 4.74 Å². The quantitative estimate of drug-likeness (QED) is 0.855. The van der Waals surface area contributed by atoms with Gasteiger partial charge in [-0.15, -0.1) is 0 Å². The molecule has 0 aliphatic heterocycles. The van der Waals surface area contributed by atoms with Gasteiger partial charge >= 0.3 is 6.09 Å². The standard InChI is InChI=1S/C13H25FN2O3/c1-12(2,3)19-11(18)16(7)9(10(17)15-6)8-13(4,5)14/h9H,8H2,1-7H3,(H,15,17)/t9-/m0/s1. The fourth-order valence-corrected chi connectivity index (χ4v) is 1.49. The first-order valence-electron chi connectivity index (χ1n) is 6.23. The SMILES string of the molecule is CNC(=O)[C@H](CC(C)(C)F)N(C)C(=O)OC(C)(C)C. The fourth-order valence-electron chi connectivity index (χ4n) is 1.49. The number of nitrogens with zero attached hydrogens (tertiary/aromatic N) is 1. The van der Waals surface area contributed by atoms with Gasteiger partial charge in [-0.1, -0.05) is 0 Å². The van der Waals surface area contributed by atoms with Crippen molar-refractivity contribution in [2.75, 3.05) is 14.1 Å². The predicted molar refractivity (Wildman–Crippen MR) is 71.7 cm³/mol. The third-order valence-electron chi connectivity index (χ3n) is 2.38. The van der Waals surface area contributed by atoms with Crippen LogP contribution in [0.5, 0.6) is 0 Å². The maximum Gasteiger partial charge on any atom is 0.410 e. The molecular weight excluding hydrogens is 251 g/mol. The number of carbonyl (C=O) groups is 2. The van der Waals surface area contributed by atoms with Gasteiger partial charge in [-0.25, -0.2) is 9.18 Å². The van der Waals surface area contributed by atoms with Crippen LogP contribution in [0.3, 0.4) is 0 Å². The number of likely N-dealkylation sites (N-methyl/N-ethyl adjacent to an activating group) is 2. The molecule has 112 valence electrons. The van der Waals surface area contributed by atoms with Gasteiger partial charge in [0.25, 0.3) is 0 Å². The van der Waals surface area contributed by atoms with Crippen LogP contribution in [-0.4, -0.2) is 48.3 Å². The van der Waals surface area contributed by atoms with E-state index < -0.39 is 29.3 Å². The molecule has 19 heavy (non-hydrogen) atoms. The Morgan fingerprint density at radius 3 is 2.05 bits per heavy atom. The number of ether oxygens (including phenoxy) is 1. The molecule has 0 aromatic carbocycles. The molecule has 0 unspecified atom stereocenters. The van der Waals surface area contributed by atoms with Crippen LogP contribution in [0.4, 0.5) is 9.18 Å². The summed E-state index contributed by atoms with van der Waals surface area (Å²) in [7, 11) is 2.88. The predicted octanol–water partition coefficient (Wildman–Crippen LogP) is 2.11. The van der Waals surface area contributed by atoms with Gasteiger partial charge in [0.2, 0.25) is 5.91 Å². The van der Waals surface area contributed by atoms with E-state index in [0.717, 1.165) is 4.90 Å². The average molecular weight is 276 g/mol. The van der Waals surface area contributed by atoms with Crippen LogP contribution in [0.15, 0.2) is 0 Å². The highest BCUT2D eigenvalue weighted by Gasteiger charge is 2.34. The molecule has 1 N–H and O–H groups in total. The number of carbonyl (C=O) groups excluding carboxylic acids is 2. The molecule has 5 nitrogen and oxygen atoms in total. The maximum absolute atomic E-state index is 13.7. The summed E-state index contributed by atoms with van der Waals surface area (Å²) in [6.07, 6.45) is -0.743. The van der Waals surface area contributed by atoms with Crippen molar-refractivity contribution < 1.29 is 18.7 Å². The molecule has 0 aromatic heterocycles. The third-order valence-corrected chi connectivity index (χ3v) is 2.38. The highest BCUT2D eigenvalue weighted by Crippen LogP contribution is 2.21. The minimum atomic E-state index is -1.56. The van der Waals surface area contributed by atoms with Crippen molar-refractivity contribution in [3.05, 3.63) is 0 Å². The first-order chi connectivity index (χ1) is 8.37. The lowest BCUT2D eigenvalue weighted by Crippen LogP contribution is -2.50. The molecule has 0 bridgehead atoms. The first-order valence-corrected chi connectivity index (χ1v) is 6.23. The molecule has 0 fully saturated rings. The summed E-state index contributed by atoms with van der Waals surface area (Å²) in [5.41, 5.74) is -2.22. The van der Waals surface area contributed by atoms with E-state index in [0.29, 0.717) is 0 Å². The van der Waals surface area contributed by atoms with Gasteiger partial charge in [-0.05, 0) is 34.6 Å². The second-order valence-electron chi connectivity index (χ2n) is 6.14. The Kier molecular flexibility index (Phi) is 5.78. The number of halogens is 1. The fraction of sp³-hybridized carbons (Fsp3) is 0.846. The summed E-state index contributed by atoms with van der Waals surface area (Å²) < 4.78 is 18.9. The van der Waals surface area contributed by atoms with E-state index in [2.05, 4.69) is 5.32 Å². The molecule has 0 aliphatic carbocycles. The minimum absolute atomic E-state index is 0.0948. The smallest absolute Gasteiger partial charge is 0.410 e. The molecule has 0 radical (unpaired) electrons. The number of amides is 2. The molecule has 0 saturated carbocycles. The Bertz CT molecular complexity index is 332. The van der Waals surface area contributed by atoms with E-state index in [1.807, 2.05) is 0 Å². The second kappa shape index (κ2) is 6.21. The molecule has 1 atom stereocenters. The molecule has 0 aromatic rings. The van der Waals surface area contributed by atoms with Crippen molar-refractivity contribution in [2.45, 2.75) is 58.4 Å². The van der Waals surface area contributed by atoms with Crippen molar-refractivity contribution in [1.82, 2.24) is 10.2 Å². The van der Waals surface area contributed by atoms with Crippen molar-refractivity contribution in [1.29, 1.82) is 0 Å². The molecule has 0 saturated heterocycles. The van der Waals surface area contributed by atoms with Gasteiger partial charge < -0.3 is 10.1 Å². The number of rotatable bonds is 4. The summed E-state index contributed by atoms with van der Waals surface area (Å²) in [6, 6.07) is -0.903. The van der Waals surface area contributed by atoms with Crippen LogP contribution in [0.25, 0.3) is 0 Å². The van der Waals surface area contributed by atoms with E-state index in [9.17, 15) is 14.0 Å². The summed E-state index contributed by atoms with van der Waals surface area (Å²) >= 11 is 0. The van der Waals surface area contributed by atoms with Crippen LogP contribution in [0.2, 0.25) is 0 Å². The zero-order valence-electron chi connectivity index (χ0n) is 12.8. The summed E-state index contributed by atoms with van der Waals surface area (Å²) in [4.78, 5) is 24.8. The van der Waals surface area contributed by atoms with Crippen LogP contribution in [0.1, 0.15) is 41.0 Å². The van der Waals surface area contributed by atoms with Crippen molar-refractivity contribution >= 4 is 12.0 Å². The number of hydrogen-bond acceptors (Lipinski definition) is 3. The van der Waals surface area contributed by atoms with Crippen LogP contribution in [-0.2, 0) is 9.53 Å². The van der Waals surface area contributed by atoms with E-state index in [1.54, 1.807) is 20.8 Å². The second-order valence-corrected chi connectivity index (χ2v) is 6.14.